The molecule has 6 heteroatoms. The zero-order valence-electron chi connectivity index (χ0n) is 17.6. The van der Waals surface area contributed by atoms with Gasteiger partial charge >= 0.3 is 12.1 Å². The molecule has 1 atom stereocenters. The lowest BCUT2D eigenvalue weighted by molar-refractivity contribution is -0.139. The SMILES string of the molecule is CCC(C)(C#Cc1ccccc1)Oc1cc(C(=O)Oc2ccccc2)ccc1C(F)(F)F. The molecule has 0 saturated heterocycles. The Morgan fingerprint density at radius 2 is 1.56 bits per heavy atom. The molecule has 0 fully saturated rings. The van der Waals surface area contributed by atoms with Crippen LogP contribution >= 0.6 is 0 Å². The number of para-hydroxylation sites is 1. The second-order valence-electron chi connectivity index (χ2n) is 7.21. The van der Waals surface area contributed by atoms with Crippen molar-refractivity contribution in [1.82, 2.24) is 0 Å². The smallest absolute Gasteiger partial charge is 0.419 e. The normalized spacial score (nSPS) is 12.8. The Hall–Kier alpha value is -3.72. The number of ether oxygens (including phenoxy) is 2. The van der Waals surface area contributed by atoms with E-state index < -0.39 is 29.1 Å². The predicted octanol–water partition coefficient (Wildman–Crippen LogP) is 6.52. The maximum atomic E-state index is 13.6. The number of carbonyl (C=O) groups excluding carboxylic acids is 1. The minimum absolute atomic E-state index is 0.0636. The highest BCUT2D eigenvalue weighted by molar-refractivity contribution is 5.91. The Morgan fingerprint density at radius 3 is 2.16 bits per heavy atom. The van der Waals surface area contributed by atoms with Crippen molar-refractivity contribution in [3.8, 4) is 23.3 Å². The molecule has 3 aromatic carbocycles. The van der Waals surface area contributed by atoms with Gasteiger partial charge in [0.05, 0.1) is 11.1 Å². The van der Waals surface area contributed by atoms with Crippen LogP contribution in [0, 0.1) is 11.8 Å². The van der Waals surface area contributed by atoms with Crippen LogP contribution in [0.3, 0.4) is 0 Å². The van der Waals surface area contributed by atoms with Gasteiger partial charge in [0.15, 0.2) is 5.60 Å². The Morgan fingerprint density at radius 1 is 0.938 bits per heavy atom. The maximum Gasteiger partial charge on any atom is 0.419 e. The third-order valence-corrected chi connectivity index (χ3v) is 4.73. The third-order valence-electron chi connectivity index (χ3n) is 4.73. The molecular formula is C26H21F3O3. The summed E-state index contributed by atoms with van der Waals surface area (Å²) in [7, 11) is 0. The van der Waals surface area contributed by atoms with Crippen molar-refractivity contribution >= 4 is 5.97 Å². The second-order valence-corrected chi connectivity index (χ2v) is 7.21. The average Bonchev–Trinajstić information content (AvgIpc) is 2.78. The van der Waals surface area contributed by atoms with Gasteiger partial charge in [0.2, 0.25) is 0 Å². The number of benzene rings is 3. The minimum Gasteiger partial charge on any atom is -0.474 e. The largest absolute Gasteiger partial charge is 0.474 e. The molecule has 164 valence electrons. The fourth-order valence-corrected chi connectivity index (χ4v) is 2.78. The van der Waals surface area contributed by atoms with Crippen molar-refractivity contribution in [2.75, 3.05) is 0 Å². The van der Waals surface area contributed by atoms with E-state index >= 15 is 0 Å². The summed E-state index contributed by atoms with van der Waals surface area (Å²) in [5.41, 5.74) is -1.55. The van der Waals surface area contributed by atoms with Crippen molar-refractivity contribution in [2.24, 2.45) is 0 Å². The summed E-state index contributed by atoms with van der Waals surface area (Å²) in [6.07, 6.45) is -4.35. The Balaban J connectivity index is 1.94. The molecule has 0 heterocycles. The first-order valence-corrected chi connectivity index (χ1v) is 9.96. The van der Waals surface area contributed by atoms with Gasteiger partial charge in [-0.25, -0.2) is 4.79 Å². The van der Waals surface area contributed by atoms with Crippen molar-refractivity contribution < 1.29 is 27.4 Å². The van der Waals surface area contributed by atoms with E-state index in [0.29, 0.717) is 12.0 Å². The molecule has 0 aliphatic rings. The average molecular weight is 438 g/mol. The summed E-state index contributed by atoms with van der Waals surface area (Å²) >= 11 is 0. The van der Waals surface area contributed by atoms with Crippen LogP contribution < -0.4 is 9.47 Å². The van der Waals surface area contributed by atoms with Crippen LogP contribution in [-0.4, -0.2) is 11.6 Å². The van der Waals surface area contributed by atoms with Crippen molar-refractivity contribution in [3.63, 3.8) is 0 Å². The fraction of sp³-hybridized carbons (Fsp3) is 0.192. The summed E-state index contributed by atoms with van der Waals surface area (Å²) in [6.45, 7) is 3.37. The Kier molecular flexibility index (Phi) is 6.89. The molecule has 0 aromatic heterocycles. The Bertz CT molecular complexity index is 1130. The van der Waals surface area contributed by atoms with Crippen LogP contribution in [-0.2, 0) is 6.18 Å². The molecule has 3 aromatic rings. The third kappa shape index (κ3) is 5.92. The summed E-state index contributed by atoms with van der Waals surface area (Å²) in [5, 5.41) is 0. The van der Waals surface area contributed by atoms with Crippen molar-refractivity contribution in [3.05, 3.63) is 95.6 Å². The molecule has 0 spiro atoms. The summed E-state index contributed by atoms with van der Waals surface area (Å²) in [5.74, 6) is 4.87. The Labute approximate surface area is 184 Å². The minimum atomic E-state index is -4.67. The number of hydrogen-bond donors (Lipinski definition) is 0. The van der Waals surface area contributed by atoms with Gasteiger partial charge < -0.3 is 9.47 Å². The highest BCUT2D eigenvalue weighted by atomic mass is 19.4. The van der Waals surface area contributed by atoms with Gasteiger partial charge in [0, 0.05) is 5.56 Å². The topological polar surface area (TPSA) is 35.5 Å². The lowest BCUT2D eigenvalue weighted by atomic mass is 10.0. The second kappa shape index (κ2) is 9.61. The quantitative estimate of drug-likeness (QED) is 0.258. The lowest BCUT2D eigenvalue weighted by Gasteiger charge is -2.26. The van der Waals surface area contributed by atoms with E-state index in [2.05, 4.69) is 11.8 Å². The van der Waals surface area contributed by atoms with Gasteiger partial charge in [0.1, 0.15) is 11.5 Å². The van der Waals surface area contributed by atoms with E-state index in [1.165, 1.54) is 0 Å². The van der Waals surface area contributed by atoms with Gasteiger partial charge in [-0.15, -0.1) is 0 Å². The summed E-state index contributed by atoms with van der Waals surface area (Å²) < 4.78 is 51.9. The molecule has 0 aliphatic heterocycles. The molecule has 3 nitrogen and oxygen atoms in total. The van der Waals surface area contributed by atoms with E-state index in [4.69, 9.17) is 9.47 Å². The fourth-order valence-electron chi connectivity index (χ4n) is 2.78. The van der Waals surface area contributed by atoms with Crippen LogP contribution in [0.5, 0.6) is 11.5 Å². The highest BCUT2D eigenvalue weighted by Crippen LogP contribution is 2.38. The van der Waals surface area contributed by atoms with Gasteiger partial charge in [-0.05, 0) is 55.8 Å². The van der Waals surface area contributed by atoms with E-state index in [1.807, 2.05) is 18.2 Å². The molecule has 32 heavy (non-hydrogen) atoms. The summed E-state index contributed by atoms with van der Waals surface area (Å²) in [4.78, 5) is 12.5. The van der Waals surface area contributed by atoms with Crippen molar-refractivity contribution in [2.45, 2.75) is 32.0 Å². The van der Waals surface area contributed by atoms with Crippen LogP contribution in [0.1, 0.15) is 41.8 Å². The van der Waals surface area contributed by atoms with Gasteiger partial charge in [0.25, 0.3) is 0 Å². The molecule has 0 aliphatic carbocycles. The van der Waals surface area contributed by atoms with Crippen LogP contribution in [0.15, 0.2) is 78.9 Å². The summed E-state index contributed by atoms with van der Waals surface area (Å²) in [6, 6.07) is 20.3. The van der Waals surface area contributed by atoms with E-state index in [0.717, 1.165) is 18.2 Å². The van der Waals surface area contributed by atoms with Gasteiger partial charge in [-0.3, -0.25) is 0 Å². The first kappa shape index (κ1) is 23.0. The van der Waals surface area contributed by atoms with E-state index in [-0.39, 0.29) is 11.3 Å². The number of esters is 1. The van der Waals surface area contributed by atoms with E-state index in [9.17, 15) is 18.0 Å². The molecule has 1 unspecified atom stereocenters. The lowest BCUT2D eigenvalue weighted by Crippen LogP contribution is -2.30. The molecule has 3 rings (SSSR count). The number of hydrogen-bond acceptors (Lipinski definition) is 3. The zero-order chi connectivity index (χ0) is 23.2. The molecule has 0 N–H and O–H groups in total. The number of carbonyl (C=O) groups is 1. The van der Waals surface area contributed by atoms with Crippen LogP contribution in [0.4, 0.5) is 13.2 Å². The maximum absolute atomic E-state index is 13.6. The van der Waals surface area contributed by atoms with Gasteiger partial charge in [-0.1, -0.05) is 55.2 Å². The number of halogens is 3. The van der Waals surface area contributed by atoms with Crippen LogP contribution in [0.25, 0.3) is 0 Å². The monoisotopic (exact) mass is 438 g/mol. The molecule has 0 saturated carbocycles. The zero-order valence-corrected chi connectivity index (χ0v) is 17.6. The highest BCUT2D eigenvalue weighted by Gasteiger charge is 2.37. The first-order valence-electron chi connectivity index (χ1n) is 9.96. The van der Waals surface area contributed by atoms with Crippen molar-refractivity contribution in [1.29, 1.82) is 0 Å². The van der Waals surface area contributed by atoms with Crippen LogP contribution in [0.2, 0.25) is 0 Å². The van der Waals surface area contributed by atoms with E-state index in [1.54, 1.807) is 56.3 Å². The molecule has 0 radical (unpaired) electrons. The molecular weight excluding hydrogens is 417 g/mol. The molecule has 0 bridgehead atoms. The standard InChI is InChI=1S/C26H21F3O3/c1-3-25(2,17-16-19-10-6-4-7-11-19)32-23-18-20(14-15-22(23)26(27,28)29)24(30)31-21-12-8-5-9-13-21/h4-15,18H,3H2,1-2H3. The first-order chi connectivity index (χ1) is 15.2. The number of alkyl halides is 3. The number of rotatable bonds is 5. The van der Waals surface area contributed by atoms with Gasteiger partial charge in [-0.2, -0.15) is 13.2 Å². The predicted molar refractivity (Wildman–Crippen MR) is 115 cm³/mol. The molecule has 0 amide bonds.